The van der Waals surface area contributed by atoms with Gasteiger partial charge in [0, 0.05) is 11.8 Å². The lowest BCUT2D eigenvalue weighted by molar-refractivity contribution is 0.464. The number of anilines is 1. The third kappa shape index (κ3) is 1.30. The van der Waals surface area contributed by atoms with Crippen LogP contribution in [-0.4, -0.2) is 16.2 Å². The fourth-order valence-electron chi connectivity index (χ4n) is 1.49. The van der Waals surface area contributed by atoms with Crippen LogP contribution in [0.3, 0.4) is 0 Å². The van der Waals surface area contributed by atoms with Crippen molar-refractivity contribution in [2.24, 2.45) is 4.99 Å². The predicted octanol–water partition coefficient (Wildman–Crippen LogP) is 1.92. The molecule has 1 aliphatic rings. The summed E-state index contributed by atoms with van der Waals surface area (Å²) in [6, 6.07) is 7.57. The summed E-state index contributed by atoms with van der Waals surface area (Å²) in [4.78, 5) is 12.1. The molecule has 0 unspecified atom stereocenters. The molecule has 5 nitrogen and oxygen atoms in total. The number of nitrogens with two attached hydrogens (primary N) is 1. The number of rotatable bonds is 0. The standard InChI is InChI=1S/C11H8N4O/c12-10-9-11(15-6-14-10)16-8-4-2-1-3-7(8)5-13-9/h1-6H,(H2,12,14,15). The number of nitrogens with zero attached hydrogens (tertiary/aromatic N) is 3. The Morgan fingerprint density at radius 2 is 2.00 bits per heavy atom. The molecule has 1 aromatic carbocycles. The van der Waals surface area contributed by atoms with Crippen molar-refractivity contribution in [3.05, 3.63) is 36.2 Å². The van der Waals surface area contributed by atoms with Crippen LogP contribution >= 0.6 is 0 Å². The van der Waals surface area contributed by atoms with E-state index in [1.54, 1.807) is 6.21 Å². The van der Waals surface area contributed by atoms with Crippen molar-refractivity contribution < 1.29 is 4.74 Å². The number of hydrogen-bond donors (Lipinski definition) is 1. The van der Waals surface area contributed by atoms with E-state index in [0.29, 0.717) is 23.1 Å². The molecular formula is C11H8N4O. The highest BCUT2D eigenvalue weighted by Crippen LogP contribution is 2.36. The molecule has 0 spiro atoms. The van der Waals surface area contributed by atoms with Crippen molar-refractivity contribution in [3.63, 3.8) is 0 Å². The average molecular weight is 212 g/mol. The minimum Gasteiger partial charge on any atom is -0.436 e. The molecule has 0 saturated carbocycles. The minimum atomic E-state index is 0.314. The molecule has 0 fully saturated rings. The summed E-state index contributed by atoms with van der Waals surface area (Å²) in [5, 5.41) is 0. The number of fused-ring (bicyclic) bond motifs is 2. The van der Waals surface area contributed by atoms with Crippen LogP contribution in [0.15, 0.2) is 35.6 Å². The van der Waals surface area contributed by atoms with E-state index >= 15 is 0 Å². The normalized spacial score (nSPS) is 12.2. The Labute approximate surface area is 91.6 Å². The van der Waals surface area contributed by atoms with Gasteiger partial charge in [0.1, 0.15) is 12.1 Å². The molecule has 0 atom stereocenters. The highest BCUT2D eigenvalue weighted by atomic mass is 16.5. The maximum Gasteiger partial charge on any atom is 0.250 e. The van der Waals surface area contributed by atoms with Crippen molar-refractivity contribution in [2.45, 2.75) is 0 Å². The third-order valence-corrected chi connectivity index (χ3v) is 2.28. The second-order valence-corrected chi connectivity index (χ2v) is 3.31. The first kappa shape index (κ1) is 8.84. The Morgan fingerprint density at radius 3 is 2.94 bits per heavy atom. The quantitative estimate of drug-likeness (QED) is 0.617. The van der Waals surface area contributed by atoms with Gasteiger partial charge in [-0.2, -0.15) is 4.98 Å². The van der Waals surface area contributed by atoms with Gasteiger partial charge in [0.15, 0.2) is 11.5 Å². The largest absolute Gasteiger partial charge is 0.436 e. The second kappa shape index (κ2) is 3.30. The van der Waals surface area contributed by atoms with Gasteiger partial charge in [-0.3, -0.25) is 0 Å². The summed E-state index contributed by atoms with van der Waals surface area (Å²) in [7, 11) is 0. The maximum absolute atomic E-state index is 5.70. The molecule has 1 aliphatic heterocycles. The molecular weight excluding hydrogens is 204 g/mol. The fraction of sp³-hybridized carbons (Fsp3) is 0. The summed E-state index contributed by atoms with van der Waals surface area (Å²) >= 11 is 0. The van der Waals surface area contributed by atoms with Crippen LogP contribution in [0.25, 0.3) is 0 Å². The minimum absolute atomic E-state index is 0.314. The van der Waals surface area contributed by atoms with Gasteiger partial charge < -0.3 is 10.5 Å². The Hall–Kier alpha value is -2.43. The van der Waals surface area contributed by atoms with E-state index in [0.717, 1.165) is 5.56 Å². The number of hydrogen-bond acceptors (Lipinski definition) is 5. The Kier molecular flexibility index (Phi) is 1.83. The van der Waals surface area contributed by atoms with Gasteiger partial charge in [-0.25, -0.2) is 9.98 Å². The lowest BCUT2D eigenvalue weighted by Crippen LogP contribution is -1.94. The zero-order valence-electron chi connectivity index (χ0n) is 8.29. The Balaban J connectivity index is 2.21. The molecule has 2 N–H and O–H groups in total. The SMILES string of the molecule is Nc1ncnc2c1N=Cc1ccccc1O2. The summed E-state index contributed by atoms with van der Waals surface area (Å²) in [6.07, 6.45) is 3.05. The summed E-state index contributed by atoms with van der Waals surface area (Å²) in [5.74, 6) is 1.41. The number of aliphatic imine (C=N–C) groups is 1. The van der Waals surface area contributed by atoms with Crippen LogP contribution in [0.2, 0.25) is 0 Å². The van der Waals surface area contributed by atoms with E-state index in [1.165, 1.54) is 6.33 Å². The molecule has 78 valence electrons. The van der Waals surface area contributed by atoms with Crippen LogP contribution in [0.4, 0.5) is 11.5 Å². The lowest BCUT2D eigenvalue weighted by atomic mass is 10.2. The summed E-state index contributed by atoms with van der Waals surface area (Å²) in [5.41, 5.74) is 7.06. The van der Waals surface area contributed by atoms with Gasteiger partial charge in [-0.15, -0.1) is 0 Å². The number of aromatic nitrogens is 2. The monoisotopic (exact) mass is 212 g/mol. The highest BCUT2D eigenvalue weighted by Gasteiger charge is 2.14. The molecule has 2 heterocycles. The molecule has 0 saturated heterocycles. The van der Waals surface area contributed by atoms with Crippen molar-refractivity contribution in [2.75, 3.05) is 5.73 Å². The van der Waals surface area contributed by atoms with E-state index in [2.05, 4.69) is 15.0 Å². The molecule has 0 bridgehead atoms. The van der Waals surface area contributed by atoms with E-state index in [9.17, 15) is 0 Å². The Morgan fingerprint density at radius 1 is 1.12 bits per heavy atom. The van der Waals surface area contributed by atoms with Crippen molar-refractivity contribution in [1.82, 2.24) is 9.97 Å². The van der Waals surface area contributed by atoms with Gasteiger partial charge >= 0.3 is 0 Å². The Bertz CT molecular complexity index is 580. The number of ether oxygens (including phenoxy) is 1. The molecule has 5 heteroatoms. The van der Waals surface area contributed by atoms with Crippen molar-refractivity contribution in [1.29, 1.82) is 0 Å². The first-order valence-corrected chi connectivity index (χ1v) is 4.76. The first-order valence-electron chi connectivity index (χ1n) is 4.76. The van der Waals surface area contributed by atoms with Gasteiger partial charge in [0.2, 0.25) is 0 Å². The van der Waals surface area contributed by atoms with Crippen LogP contribution in [-0.2, 0) is 0 Å². The van der Waals surface area contributed by atoms with Crippen LogP contribution in [0.1, 0.15) is 5.56 Å². The second-order valence-electron chi connectivity index (χ2n) is 3.31. The van der Waals surface area contributed by atoms with Crippen LogP contribution in [0, 0.1) is 0 Å². The smallest absolute Gasteiger partial charge is 0.250 e. The third-order valence-electron chi connectivity index (χ3n) is 2.28. The fourth-order valence-corrected chi connectivity index (χ4v) is 1.49. The zero-order chi connectivity index (χ0) is 11.0. The number of para-hydroxylation sites is 1. The van der Waals surface area contributed by atoms with Gasteiger partial charge in [-0.05, 0) is 12.1 Å². The summed E-state index contributed by atoms with van der Waals surface area (Å²) in [6.45, 7) is 0. The molecule has 16 heavy (non-hydrogen) atoms. The molecule has 0 aliphatic carbocycles. The average Bonchev–Trinajstić information content (AvgIpc) is 2.48. The van der Waals surface area contributed by atoms with Crippen LogP contribution < -0.4 is 10.5 Å². The maximum atomic E-state index is 5.70. The van der Waals surface area contributed by atoms with E-state index in [-0.39, 0.29) is 0 Å². The van der Waals surface area contributed by atoms with E-state index in [4.69, 9.17) is 10.5 Å². The van der Waals surface area contributed by atoms with E-state index in [1.807, 2.05) is 24.3 Å². The first-order chi connectivity index (χ1) is 7.84. The van der Waals surface area contributed by atoms with Gasteiger partial charge in [0.05, 0.1) is 0 Å². The molecule has 0 amide bonds. The molecule has 3 rings (SSSR count). The van der Waals surface area contributed by atoms with Crippen molar-refractivity contribution >= 4 is 17.7 Å². The predicted molar refractivity (Wildman–Crippen MR) is 60.2 cm³/mol. The summed E-state index contributed by atoms with van der Waals surface area (Å²) < 4.78 is 5.63. The lowest BCUT2D eigenvalue weighted by Gasteiger charge is -2.06. The van der Waals surface area contributed by atoms with E-state index < -0.39 is 0 Å². The zero-order valence-corrected chi connectivity index (χ0v) is 8.29. The molecule has 2 aromatic rings. The number of benzene rings is 1. The molecule has 0 radical (unpaired) electrons. The number of nitrogen functional groups attached to an aromatic ring is 1. The van der Waals surface area contributed by atoms with Gasteiger partial charge in [0.25, 0.3) is 5.88 Å². The highest BCUT2D eigenvalue weighted by molar-refractivity contribution is 5.88. The van der Waals surface area contributed by atoms with Crippen LogP contribution in [0.5, 0.6) is 11.6 Å². The van der Waals surface area contributed by atoms with Gasteiger partial charge in [-0.1, -0.05) is 12.1 Å². The van der Waals surface area contributed by atoms with Crippen molar-refractivity contribution in [3.8, 4) is 11.6 Å². The topological polar surface area (TPSA) is 73.4 Å². The molecule has 1 aromatic heterocycles.